The van der Waals surface area contributed by atoms with Gasteiger partial charge in [0.1, 0.15) is 5.41 Å². The van der Waals surface area contributed by atoms with E-state index >= 15 is 0 Å². The van der Waals surface area contributed by atoms with Crippen LogP contribution in [0.25, 0.3) is 0 Å². The van der Waals surface area contributed by atoms with Crippen molar-refractivity contribution in [2.24, 2.45) is 16.3 Å². The number of rotatable bonds is 3. The van der Waals surface area contributed by atoms with Gasteiger partial charge in [0, 0.05) is 17.7 Å². The summed E-state index contributed by atoms with van der Waals surface area (Å²) in [5, 5.41) is 14.8. The van der Waals surface area contributed by atoms with Crippen molar-refractivity contribution in [3.63, 3.8) is 0 Å². The van der Waals surface area contributed by atoms with Crippen molar-refractivity contribution in [2.45, 2.75) is 12.8 Å². The minimum Gasteiger partial charge on any atom is -0.409 e. The number of hydrogen-bond donors (Lipinski definition) is 3. The van der Waals surface area contributed by atoms with Gasteiger partial charge < -0.3 is 21.0 Å². The van der Waals surface area contributed by atoms with E-state index in [0.29, 0.717) is 31.7 Å². The van der Waals surface area contributed by atoms with Crippen molar-refractivity contribution in [1.29, 1.82) is 0 Å². The summed E-state index contributed by atoms with van der Waals surface area (Å²) >= 11 is 3.37. The lowest BCUT2D eigenvalue weighted by Crippen LogP contribution is -2.50. The van der Waals surface area contributed by atoms with E-state index in [2.05, 4.69) is 26.4 Å². The molecule has 1 aliphatic rings. The summed E-state index contributed by atoms with van der Waals surface area (Å²) in [5.74, 6) is -0.367. The largest absolute Gasteiger partial charge is 0.409 e. The van der Waals surface area contributed by atoms with E-state index < -0.39 is 5.41 Å². The van der Waals surface area contributed by atoms with Gasteiger partial charge >= 0.3 is 0 Å². The van der Waals surface area contributed by atoms with Crippen LogP contribution in [0.5, 0.6) is 0 Å². The quantitative estimate of drug-likeness (QED) is 0.338. The van der Waals surface area contributed by atoms with Crippen LogP contribution in [-0.4, -0.2) is 30.2 Å². The van der Waals surface area contributed by atoms with Gasteiger partial charge in [-0.3, -0.25) is 4.79 Å². The number of para-hydroxylation sites is 1. The molecule has 6 nitrogen and oxygen atoms in total. The van der Waals surface area contributed by atoms with E-state index in [0.717, 1.165) is 4.47 Å². The molecule has 0 aliphatic carbocycles. The molecule has 1 fully saturated rings. The molecule has 108 valence electrons. The molecule has 20 heavy (non-hydrogen) atoms. The summed E-state index contributed by atoms with van der Waals surface area (Å²) < 4.78 is 6.04. The molecule has 1 aromatic carbocycles. The fourth-order valence-electron chi connectivity index (χ4n) is 2.22. The number of nitrogens with zero attached hydrogens (tertiary/aromatic N) is 1. The predicted octanol–water partition coefficient (Wildman–Crippen LogP) is 1.93. The fraction of sp³-hybridized carbons (Fsp3) is 0.385. The molecule has 2 rings (SSSR count). The molecule has 0 saturated carbocycles. The number of oxime groups is 1. The minimum absolute atomic E-state index is 0.0784. The molecule has 1 saturated heterocycles. The van der Waals surface area contributed by atoms with Gasteiger partial charge in [-0.15, -0.1) is 0 Å². The molecule has 0 atom stereocenters. The van der Waals surface area contributed by atoms with E-state index in [4.69, 9.17) is 15.7 Å². The summed E-state index contributed by atoms with van der Waals surface area (Å²) in [6.07, 6.45) is 0.776. The Bertz CT molecular complexity index is 527. The maximum Gasteiger partial charge on any atom is 0.238 e. The van der Waals surface area contributed by atoms with Crippen molar-refractivity contribution in [1.82, 2.24) is 0 Å². The molecule has 0 aromatic heterocycles. The third kappa shape index (κ3) is 2.78. The summed E-state index contributed by atoms with van der Waals surface area (Å²) in [4.78, 5) is 12.6. The van der Waals surface area contributed by atoms with Gasteiger partial charge in [0.05, 0.1) is 5.69 Å². The van der Waals surface area contributed by atoms with Gasteiger partial charge in [-0.25, -0.2) is 0 Å². The zero-order valence-electron chi connectivity index (χ0n) is 10.8. The lowest BCUT2D eigenvalue weighted by atomic mass is 9.78. The first-order valence-corrected chi connectivity index (χ1v) is 7.01. The van der Waals surface area contributed by atoms with E-state index in [-0.39, 0.29) is 11.7 Å². The Morgan fingerprint density at radius 3 is 2.65 bits per heavy atom. The van der Waals surface area contributed by atoms with Gasteiger partial charge in [-0.2, -0.15) is 0 Å². The average Bonchev–Trinajstić information content (AvgIpc) is 2.49. The first kappa shape index (κ1) is 14.8. The molecular weight excluding hydrogens is 326 g/mol. The third-order valence-corrected chi connectivity index (χ3v) is 4.19. The van der Waals surface area contributed by atoms with E-state index in [1.54, 1.807) is 6.07 Å². The van der Waals surface area contributed by atoms with E-state index in [1.807, 2.05) is 18.2 Å². The summed E-state index contributed by atoms with van der Waals surface area (Å²) in [5.41, 5.74) is 5.37. The lowest BCUT2D eigenvalue weighted by Gasteiger charge is -2.34. The first-order chi connectivity index (χ1) is 9.60. The van der Waals surface area contributed by atoms with Crippen molar-refractivity contribution in [2.75, 3.05) is 18.5 Å². The Labute approximate surface area is 125 Å². The number of benzene rings is 1. The summed E-state index contributed by atoms with van der Waals surface area (Å²) in [7, 11) is 0. The van der Waals surface area contributed by atoms with Crippen LogP contribution in [0.15, 0.2) is 33.9 Å². The second-order valence-corrected chi connectivity index (χ2v) is 5.47. The summed E-state index contributed by atoms with van der Waals surface area (Å²) in [6.45, 7) is 0.805. The zero-order chi connectivity index (χ0) is 14.6. The van der Waals surface area contributed by atoms with Crippen molar-refractivity contribution in [3.8, 4) is 0 Å². The topological polar surface area (TPSA) is 96.9 Å². The molecule has 7 heteroatoms. The molecule has 0 unspecified atom stereocenters. The van der Waals surface area contributed by atoms with Crippen LogP contribution in [0.2, 0.25) is 0 Å². The number of ether oxygens (including phenoxy) is 1. The predicted molar refractivity (Wildman–Crippen MR) is 78.7 cm³/mol. The number of amides is 1. The molecule has 1 aromatic rings. The number of carbonyl (C=O) groups is 1. The van der Waals surface area contributed by atoms with Crippen LogP contribution in [-0.2, 0) is 9.53 Å². The number of carbonyl (C=O) groups excluding carboxylic acids is 1. The van der Waals surface area contributed by atoms with Gasteiger partial charge in [0.15, 0.2) is 5.84 Å². The molecule has 1 aliphatic heterocycles. The second kappa shape index (κ2) is 6.23. The number of amidine groups is 1. The number of nitrogens with one attached hydrogen (secondary N) is 1. The van der Waals surface area contributed by atoms with Gasteiger partial charge in [-0.05, 0) is 40.9 Å². The first-order valence-electron chi connectivity index (χ1n) is 6.22. The summed E-state index contributed by atoms with van der Waals surface area (Å²) in [6, 6.07) is 7.28. The molecule has 1 heterocycles. The Morgan fingerprint density at radius 2 is 2.05 bits per heavy atom. The van der Waals surface area contributed by atoms with Crippen LogP contribution in [0.4, 0.5) is 5.69 Å². The average molecular weight is 342 g/mol. The van der Waals surface area contributed by atoms with Crippen LogP contribution in [0.3, 0.4) is 0 Å². The van der Waals surface area contributed by atoms with Crippen LogP contribution < -0.4 is 11.1 Å². The Balaban J connectivity index is 2.26. The molecule has 1 amide bonds. The second-order valence-electron chi connectivity index (χ2n) is 4.61. The maximum absolute atomic E-state index is 12.6. The van der Waals surface area contributed by atoms with Crippen molar-refractivity contribution in [3.05, 3.63) is 28.7 Å². The molecule has 4 N–H and O–H groups in total. The third-order valence-electron chi connectivity index (χ3n) is 3.50. The Kier molecular flexibility index (Phi) is 4.61. The van der Waals surface area contributed by atoms with Crippen LogP contribution in [0, 0.1) is 5.41 Å². The normalized spacial score (nSPS) is 18.6. The highest BCUT2D eigenvalue weighted by Crippen LogP contribution is 2.33. The van der Waals surface area contributed by atoms with Crippen molar-refractivity contribution >= 4 is 33.4 Å². The Hall–Kier alpha value is -1.60. The zero-order valence-corrected chi connectivity index (χ0v) is 12.4. The number of hydrogen-bond acceptors (Lipinski definition) is 4. The fourth-order valence-corrected chi connectivity index (χ4v) is 2.60. The highest BCUT2D eigenvalue weighted by atomic mass is 79.9. The standard InChI is InChI=1S/C13H16BrN3O3/c14-9-3-1-2-4-10(9)16-12(18)13(11(15)17-19)5-7-20-8-6-13/h1-4,19H,5-8H2,(H2,15,17)(H,16,18). The lowest BCUT2D eigenvalue weighted by molar-refractivity contribution is -0.126. The minimum atomic E-state index is -1.03. The highest BCUT2D eigenvalue weighted by molar-refractivity contribution is 9.10. The molecule has 0 spiro atoms. The molecule has 0 bridgehead atoms. The van der Waals surface area contributed by atoms with E-state index in [1.165, 1.54) is 0 Å². The Morgan fingerprint density at radius 1 is 1.40 bits per heavy atom. The van der Waals surface area contributed by atoms with Crippen LogP contribution in [0.1, 0.15) is 12.8 Å². The molecule has 0 radical (unpaired) electrons. The SMILES string of the molecule is NC(=NO)C1(C(=O)Nc2ccccc2Br)CCOCC1. The smallest absolute Gasteiger partial charge is 0.238 e. The van der Waals surface area contributed by atoms with Gasteiger partial charge in [0.2, 0.25) is 5.91 Å². The number of halogens is 1. The monoisotopic (exact) mass is 341 g/mol. The van der Waals surface area contributed by atoms with Crippen molar-refractivity contribution < 1.29 is 14.7 Å². The van der Waals surface area contributed by atoms with Gasteiger partial charge in [0.25, 0.3) is 0 Å². The maximum atomic E-state index is 12.6. The van der Waals surface area contributed by atoms with Gasteiger partial charge in [-0.1, -0.05) is 17.3 Å². The molecular formula is C13H16BrN3O3. The number of nitrogens with two attached hydrogens (primary N) is 1. The van der Waals surface area contributed by atoms with E-state index in [9.17, 15) is 4.79 Å². The number of anilines is 1. The van der Waals surface area contributed by atoms with Crippen LogP contribution >= 0.6 is 15.9 Å². The highest BCUT2D eigenvalue weighted by Gasteiger charge is 2.44.